The number of halogens is 2. The summed E-state index contributed by atoms with van der Waals surface area (Å²) in [6.45, 7) is -0.0399. The Morgan fingerprint density at radius 3 is 2.70 bits per heavy atom. The number of aromatic nitrogens is 1. The van der Waals surface area contributed by atoms with Crippen LogP contribution in [0.25, 0.3) is 11.3 Å². The standard InChI is InChI=1S/C17H11FINO3/c18-14-7-3-1-5-12(14)16-9-11(20-23-16)10-22-17(21)13-6-2-4-8-15(13)19/h1-9H,10H2. The molecule has 4 nitrogen and oxygen atoms in total. The number of nitrogens with zero attached hydrogens (tertiary/aromatic N) is 1. The van der Waals surface area contributed by atoms with E-state index < -0.39 is 11.8 Å². The maximum absolute atomic E-state index is 13.7. The Labute approximate surface area is 145 Å². The van der Waals surface area contributed by atoms with Crippen molar-refractivity contribution in [2.24, 2.45) is 0 Å². The zero-order chi connectivity index (χ0) is 16.2. The van der Waals surface area contributed by atoms with Crippen molar-refractivity contribution in [2.75, 3.05) is 0 Å². The lowest BCUT2D eigenvalue weighted by Crippen LogP contribution is -2.07. The van der Waals surface area contributed by atoms with Gasteiger partial charge in [0, 0.05) is 9.64 Å². The molecule has 23 heavy (non-hydrogen) atoms. The fourth-order valence-corrected chi connectivity index (χ4v) is 2.62. The van der Waals surface area contributed by atoms with E-state index in [9.17, 15) is 9.18 Å². The van der Waals surface area contributed by atoms with Crippen molar-refractivity contribution in [1.29, 1.82) is 0 Å². The van der Waals surface area contributed by atoms with Crippen LogP contribution in [0, 0.1) is 9.39 Å². The Balaban J connectivity index is 1.70. The number of hydrogen-bond donors (Lipinski definition) is 0. The fraction of sp³-hybridized carbons (Fsp3) is 0.0588. The van der Waals surface area contributed by atoms with Crippen LogP contribution >= 0.6 is 22.6 Å². The summed E-state index contributed by atoms with van der Waals surface area (Å²) in [4.78, 5) is 12.0. The first-order valence-electron chi connectivity index (χ1n) is 6.77. The summed E-state index contributed by atoms with van der Waals surface area (Å²) in [5.41, 5.74) is 1.23. The van der Waals surface area contributed by atoms with Crippen molar-refractivity contribution in [2.45, 2.75) is 6.61 Å². The molecule has 3 aromatic rings. The molecule has 0 N–H and O–H groups in total. The molecule has 1 heterocycles. The van der Waals surface area contributed by atoms with Gasteiger partial charge in [0.15, 0.2) is 5.76 Å². The van der Waals surface area contributed by atoms with E-state index in [0.717, 1.165) is 3.57 Å². The highest BCUT2D eigenvalue weighted by atomic mass is 127. The fourth-order valence-electron chi connectivity index (χ4n) is 2.01. The molecule has 0 radical (unpaired) electrons. The van der Waals surface area contributed by atoms with Gasteiger partial charge >= 0.3 is 5.97 Å². The molecule has 6 heteroatoms. The van der Waals surface area contributed by atoms with Gasteiger partial charge in [-0.3, -0.25) is 0 Å². The van der Waals surface area contributed by atoms with Gasteiger partial charge in [-0.1, -0.05) is 29.4 Å². The number of rotatable bonds is 4. The molecule has 0 aliphatic rings. The average molecular weight is 423 g/mol. The lowest BCUT2D eigenvalue weighted by Gasteiger charge is -2.04. The zero-order valence-electron chi connectivity index (χ0n) is 11.8. The highest BCUT2D eigenvalue weighted by Gasteiger charge is 2.14. The summed E-state index contributed by atoms with van der Waals surface area (Å²) in [6, 6.07) is 14.9. The third-order valence-electron chi connectivity index (χ3n) is 3.14. The van der Waals surface area contributed by atoms with E-state index >= 15 is 0 Å². The molecule has 0 amide bonds. The lowest BCUT2D eigenvalue weighted by atomic mass is 10.1. The first-order chi connectivity index (χ1) is 11.1. The SMILES string of the molecule is O=C(OCc1cc(-c2ccccc2F)on1)c1ccccc1I. The van der Waals surface area contributed by atoms with Gasteiger partial charge < -0.3 is 9.26 Å². The molecule has 0 saturated carbocycles. The molecular weight excluding hydrogens is 412 g/mol. The predicted octanol–water partition coefficient (Wildman–Crippen LogP) is 4.44. The summed E-state index contributed by atoms with van der Waals surface area (Å²) >= 11 is 2.07. The van der Waals surface area contributed by atoms with Crippen LogP contribution < -0.4 is 0 Å². The second-order valence-electron chi connectivity index (χ2n) is 4.72. The van der Waals surface area contributed by atoms with Crippen molar-refractivity contribution in [3.8, 4) is 11.3 Å². The molecular formula is C17H11FINO3. The molecule has 0 atom stereocenters. The van der Waals surface area contributed by atoms with Crippen LogP contribution in [0.1, 0.15) is 16.1 Å². The molecule has 3 rings (SSSR count). The van der Waals surface area contributed by atoms with E-state index in [0.29, 0.717) is 22.6 Å². The third kappa shape index (κ3) is 3.58. The molecule has 0 spiro atoms. The van der Waals surface area contributed by atoms with Crippen LogP contribution in [0.3, 0.4) is 0 Å². The summed E-state index contributed by atoms with van der Waals surface area (Å²) in [6.07, 6.45) is 0. The van der Waals surface area contributed by atoms with E-state index in [1.54, 1.807) is 36.4 Å². The van der Waals surface area contributed by atoms with E-state index in [1.165, 1.54) is 6.07 Å². The first kappa shape index (κ1) is 15.7. The smallest absolute Gasteiger partial charge is 0.339 e. The van der Waals surface area contributed by atoms with E-state index in [1.807, 2.05) is 12.1 Å². The van der Waals surface area contributed by atoms with Crippen molar-refractivity contribution >= 4 is 28.6 Å². The molecule has 0 unspecified atom stereocenters. The van der Waals surface area contributed by atoms with Crippen molar-refractivity contribution in [3.63, 3.8) is 0 Å². The third-order valence-corrected chi connectivity index (χ3v) is 4.08. The maximum atomic E-state index is 13.7. The number of ether oxygens (including phenoxy) is 1. The Kier molecular flexibility index (Phi) is 4.71. The quantitative estimate of drug-likeness (QED) is 0.460. The van der Waals surface area contributed by atoms with Gasteiger partial charge in [-0.05, 0) is 46.9 Å². The van der Waals surface area contributed by atoms with E-state index in [-0.39, 0.29) is 6.61 Å². The van der Waals surface area contributed by atoms with Gasteiger partial charge in [0.1, 0.15) is 18.1 Å². The minimum Gasteiger partial charge on any atom is -0.455 e. The van der Waals surface area contributed by atoms with Crippen molar-refractivity contribution < 1.29 is 18.4 Å². The van der Waals surface area contributed by atoms with Gasteiger partial charge in [-0.15, -0.1) is 0 Å². The molecule has 0 saturated heterocycles. The summed E-state index contributed by atoms with van der Waals surface area (Å²) in [5, 5.41) is 3.80. The zero-order valence-corrected chi connectivity index (χ0v) is 14.0. The molecule has 2 aromatic carbocycles. The number of esters is 1. The van der Waals surface area contributed by atoms with Crippen molar-refractivity contribution in [1.82, 2.24) is 5.16 Å². The highest BCUT2D eigenvalue weighted by molar-refractivity contribution is 14.1. The molecule has 0 bridgehead atoms. The van der Waals surface area contributed by atoms with Crippen LogP contribution in [-0.4, -0.2) is 11.1 Å². The Bertz CT molecular complexity index is 847. The van der Waals surface area contributed by atoms with E-state index in [4.69, 9.17) is 9.26 Å². The lowest BCUT2D eigenvalue weighted by molar-refractivity contribution is 0.0463. The summed E-state index contributed by atoms with van der Waals surface area (Å²) < 4.78 is 24.8. The van der Waals surface area contributed by atoms with Crippen LogP contribution in [0.2, 0.25) is 0 Å². The molecule has 1 aromatic heterocycles. The molecule has 0 aliphatic heterocycles. The monoisotopic (exact) mass is 423 g/mol. The Morgan fingerprint density at radius 2 is 1.91 bits per heavy atom. The minimum absolute atomic E-state index is 0.0399. The maximum Gasteiger partial charge on any atom is 0.339 e. The average Bonchev–Trinajstić information content (AvgIpc) is 3.02. The topological polar surface area (TPSA) is 52.3 Å². The van der Waals surface area contributed by atoms with Gasteiger partial charge in [-0.2, -0.15) is 0 Å². The van der Waals surface area contributed by atoms with Crippen molar-refractivity contribution in [3.05, 3.63) is 75.2 Å². The largest absolute Gasteiger partial charge is 0.455 e. The molecule has 0 aliphatic carbocycles. The second kappa shape index (κ2) is 6.91. The van der Waals surface area contributed by atoms with E-state index in [2.05, 4.69) is 27.7 Å². The number of carbonyl (C=O) groups is 1. The highest BCUT2D eigenvalue weighted by Crippen LogP contribution is 2.23. The molecule has 0 fully saturated rings. The van der Waals surface area contributed by atoms with Crippen LogP contribution in [0.4, 0.5) is 4.39 Å². The summed E-state index contributed by atoms with van der Waals surface area (Å²) in [7, 11) is 0. The Morgan fingerprint density at radius 1 is 1.17 bits per heavy atom. The Hall–Kier alpha value is -2.22. The predicted molar refractivity (Wildman–Crippen MR) is 90.2 cm³/mol. The van der Waals surface area contributed by atoms with Gasteiger partial charge in [0.05, 0.1) is 11.1 Å². The van der Waals surface area contributed by atoms with Crippen LogP contribution in [-0.2, 0) is 11.3 Å². The minimum atomic E-state index is -0.439. The van der Waals surface area contributed by atoms with Gasteiger partial charge in [-0.25, -0.2) is 9.18 Å². The van der Waals surface area contributed by atoms with Crippen LogP contribution in [0.5, 0.6) is 0 Å². The number of hydrogen-bond acceptors (Lipinski definition) is 4. The van der Waals surface area contributed by atoms with Gasteiger partial charge in [0.25, 0.3) is 0 Å². The van der Waals surface area contributed by atoms with Gasteiger partial charge in [0.2, 0.25) is 0 Å². The first-order valence-corrected chi connectivity index (χ1v) is 7.85. The second-order valence-corrected chi connectivity index (χ2v) is 5.88. The normalized spacial score (nSPS) is 10.5. The molecule has 116 valence electrons. The number of carbonyl (C=O) groups excluding carboxylic acids is 1. The number of benzene rings is 2. The summed E-state index contributed by atoms with van der Waals surface area (Å²) in [5.74, 6) is -0.542. The van der Waals surface area contributed by atoms with Crippen LogP contribution in [0.15, 0.2) is 59.1 Å².